The second-order valence-electron chi connectivity index (χ2n) is 4.52. The number of aromatic nitrogens is 2. The molecule has 0 aliphatic rings. The minimum atomic E-state index is -0.107. The van der Waals surface area contributed by atoms with Gasteiger partial charge in [-0.1, -0.05) is 25.2 Å². The molecule has 0 bridgehead atoms. The van der Waals surface area contributed by atoms with Crippen molar-refractivity contribution < 1.29 is 9.53 Å². The molecule has 0 atom stereocenters. The van der Waals surface area contributed by atoms with Crippen LogP contribution in [0.2, 0.25) is 0 Å². The summed E-state index contributed by atoms with van der Waals surface area (Å²) in [5.41, 5.74) is 7.15. The summed E-state index contributed by atoms with van der Waals surface area (Å²) >= 11 is 1.28. The number of nitrogens with zero attached hydrogens (tertiary/aromatic N) is 2. The number of rotatable bonds is 4. The number of carbonyl (C=O) groups excluding carboxylic acids is 1. The van der Waals surface area contributed by atoms with Crippen molar-refractivity contribution in [1.82, 2.24) is 10.2 Å². The summed E-state index contributed by atoms with van der Waals surface area (Å²) in [5.74, 6) is 0.466. The van der Waals surface area contributed by atoms with Gasteiger partial charge in [0.2, 0.25) is 11.0 Å². The molecule has 2 aromatic rings. The number of anilines is 2. The fraction of sp³-hybridized carbons (Fsp3) is 0.308. The van der Waals surface area contributed by atoms with Gasteiger partial charge in [-0.25, -0.2) is 0 Å². The molecule has 6 nitrogen and oxygen atoms in total. The number of carbonyl (C=O) groups is 1. The van der Waals surface area contributed by atoms with Crippen molar-refractivity contribution in [1.29, 1.82) is 0 Å². The summed E-state index contributed by atoms with van der Waals surface area (Å²) in [5, 5.41) is 11.9. The molecule has 7 heteroatoms. The molecule has 0 spiro atoms. The Morgan fingerprint density at radius 1 is 1.40 bits per heavy atom. The third kappa shape index (κ3) is 3.05. The van der Waals surface area contributed by atoms with Crippen molar-refractivity contribution in [2.75, 3.05) is 18.2 Å². The second kappa shape index (κ2) is 5.87. The first-order valence-corrected chi connectivity index (χ1v) is 6.91. The fourth-order valence-corrected chi connectivity index (χ4v) is 2.29. The molecule has 0 saturated carbocycles. The monoisotopic (exact) mass is 292 g/mol. The second-order valence-corrected chi connectivity index (χ2v) is 5.49. The van der Waals surface area contributed by atoms with Crippen molar-refractivity contribution in [3.63, 3.8) is 0 Å². The smallest absolute Gasteiger partial charge is 0.228 e. The number of hydrogen-bond donors (Lipinski definition) is 2. The van der Waals surface area contributed by atoms with Gasteiger partial charge in [0.05, 0.1) is 12.7 Å². The maximum atomic E-state index is 11.6. The van der Waals surface area contributed by atoms with Crippen molar-refractivity contribution in [2.45, 2.75) is 13.8 Å². The summed E-state index contributed by atoms with van der Waals surface area (Å²) in [6.45, 7) is 3.64. The zero-order valence-electron chi connectivity index (χ0n) is 11.5. The number of amides is 1. The number of nitrogens with two attached hydrogens (primary N) is 1. The number of methoxy groups -OCH3 is 1. The van der Waals surface area contributed by atoms with Crippen molar-refractivity contribution in [3.8, 4) is 16.3 Å². The van der Waals surface area contributed by atoms with Gasteiger partial charge in [-0.3, -0.25) is 4.79 Å². The molecule has 1 amide bonds. The zero-order valence-corrected chi connectivity index (χ0v) is 12.3. The standard InChI is InChI=1S/C13H16N4O2S/c1-7(2)11(18)15-13-17-16-12(20-13)9-6-8(14)4-5-10(9)19-3/h4-7H,14H2,1-3H3,(H,15,17,18). The van der Waals surface area contributed by atoms with E-state index in [0.29, 0.717) is 21.6 Å². The van der Waals surface area contributed by atoms with E-state index in [1.54, 1.807) is 25.3 Å². The molecule has 2 rings (SSSR count). The highest BCUT2D eigenvalue weighted by molar-refractivity contribution is 7.18. The molecule has 0 fully saturated rings. The van der Waals surface area contributed by atoms with E-state index in [-0.39, 0.29) is 11.8 Å². The SMILES string of the molecule is COc1ccc(N)cc1-c1nnc(NC(=O)C(C)C)s1. The first kappa shape index (κ1) is 14.3. The fourth-order valence-electron chi connectivity index (χ4n) is 1.53. The van der Waals surface area contributed by atoms with Crippen LogP contribution in [-0.2, 0) is 4.79 Å². The van der Waals surface area contributed by atoms with Crippen LogP contribution in [0.1, 0.15) is 13.8 Å². The van der Waals surface area contributed by atoms with Gasteiger partial charge in [-0.2, -0.15) is 0 Å². The molecule has 1 heterocycles. The van der Waals surface area contributed by atoms with E-state index >= 15 is 0 Å². The lowest BCUT2D eigenvalue weighted by atomic mass is 10.2. The van der Waals surface area contributed by atoms with Crippen LogP contribution >= 0.6 is 11.3 Å². The van der Waals surface area contributed by atoms with Crippen molar-refractivity contribution >= 4 is 28.1 Å². The summed E-state index contributed by atoms with van der Waals surface area (Å²) < 4.78 is 5.28. The highest BCUT2D eigenvalue weighted by Crippen LogP contribution is 2.34. The number of nitrogen functional groups attached to an aromatic ring is 1. The minimum Gasteiger partial charge on any atom is -0.496 e. The minimum absolute atomic E-state index is 0.0905. The largest absolute Gasteiger partial charge is 0.496 e. The van der Waals surface area contributed by atoms with Crippen LogP contribution in [0.25, 0.3) is 10.6 Å². The van der Waals surface area contributed by atoms with Crippen LogP contribution in [0, 0.1) is 5.92 Å². The number of ether oxygens (including phenoxy) is 1. The normalized spacial score (nSPS) is 10.6. The van der Waals surface area contributed by atoms with Crippen LogP contribution in [0.4, 0.5) is 10.8 Å². The molecule has 106 valence electrons. The lowest BCUT2D eigenvalue weighted by molar-refractivity contribution is -0.118. The van der Waals surface area contributed by atoms with Gasteiger partial charge in [0, 0.05) is 11.6 Å². The molecule has 0 aliphatic carbocycles. The van der Waals surface area contributed by atoms with Gasteiger partial charge in [0.1, 0.15) is 5.75 Å². The lowest BCUT2D eigenvalue weighted by Gasteiger charge is -2.06. The highest BCUT2D eigenvalue weighted by atomic mass is 32.1. The van der Waals surface area contributed by atoms with Crippen LogP contribution in [0.15, 0.2) is 18.2 Å². The van der Waals surface area contributed by atoms with Gasteiger partial charge in [0.15, 0.2) is 5.01 Å². The molecule has 1 aromatic carbocycles. The van der Waals surface area contributed by atoms with E-state index in [0.717, 1.165) is 5.56 Å². The van der Waals surface area contributed by atoms with Crippen LogP contribution < -0.4 is 15.8 Å². The van der Waals surface area contributed by atoms with E-state index in [1.165, 1.54) is 11.3 Å². The van der Waals surface area contributed by atoms with E-state index < -0.39 is 0 Å². The van der Waals surface area contributed by atoms with E-state index in [1.807, 2.05) is 13.8 Å². The third-order valence-corrected chi connectivity index (χ3v) is 3.51. The first-order valence-electron chi connectivity index (χ1n) is 6.09. The molecule has 20 heavy (non-hydrogen) atoms. The average Bonchev–Trinajstić information content (AvgIpc) is 2.87. The van der Waals surface area contributed by atoms with Gasteiger partial charge in [0.25, 0.3) is 0 Å². The molecule has 1 aromatic heterocycles. The summed E-state index contributed by atoms with van der Waals surface area (Å²) in [6, 6.07) is 5.30. The molecule has 0 radical (unpaired) electrons. The topological polar surface area (TPSA) is 90.1 Å². The Bertz CT molecular complexity index is 625. The van der Waals surface area contributed by atoms with E-state index in [2.05, 4.69) is 15.5 Å². The van der Waals surface area contributed by atoms with Crippen molar-refractivity contribution in [3.05, 3.63) is 18.2 Å². The molecule has 0 unspecified atom stereocenters. The Labute approximate surface area is 121 Å². The average molecular weight is 292 g/mol. The maximum Gasteiger partial charge on any atom is 0.228 e. The predicted octanol–water partition coefficient (Wildman–Crippen LogP) is 2.39. The maximum absolute atomic E-state index is 11.6. The Balaban J connectivity index is 2.29. The van der Waals surface area contributed by atoms with Gasteiger partial charge >= 0.3 is 0 Å². The Morgan fingerprint density at radius 2 is 2.15 bits per heavy atom. The number of hydrogen-bond acceptors (Lipinski definition) is 6. The molecule has 0 aliphatic heterocycles. The Kier molecular flexibility index (Phi) is 4.19. The lowest BCUT2D eigenvalue weighted by Crippen LogP contribution is -2.17. The van der Waals surface area contributed by atoms with Gasteiger partial charge in [-0.15, -0.1) is 10.2 Å². The molecule has 3 N–H and O–H groups in total. The quantitative estimate of drug-likeness (QED) is 0.844. The number of nitrogens with one attached hydrogen (secondary N) is 1. The van der Waals surface area contributed by atoms with Gasteiger partial charge < -0.3 is 15.8 Å². The van der Waals surface area contributed by atoms with Gasteiger partial charge in [-0.05, 0) is 18.2 Å². The third-order valence-electron chi connectivity index (χ3n) is 2.63. The van der Waals surface area contributed by atoms with Crippen molar-refractivity contribution in [2.24, 2.45) is 5.92 Å². The Hall–Kier alpha value is -2.15. The van der Waals surface area contributed by atoms with E-state index in [4.69, 9.17) is 10.5 Å². The summed E-state index contributed by atoms with van der Waals surface area (Å²) in [6.07, 6.45) is 0. The predicted molar refractivity (Wildman–Crippen MR) is 79.8 cm³/mol. The highest BCUT2D eigenvalue weighted by Gasteiger charge is 2.14. The zero-order chi connectivity index (χ0) is 14.7. The Morgan fingerprint density at radius 3 is 2.80 bits per heavy atom. The van der Waals surface area contributed by atoms with Crippen LogP contribution in [-0.4, -0.2) is 23.2 Å². The summed E-state index contributed by atoms with van der Waals surface area (Å²) in [7, 11) is 1.58. The van der Waals surface area contributed by atoms with Crippen LogP contribution in [0.3, 0.4) is 0 Å². The summed E-state index contributed by atoms with van der Waals surface area (Å²) in [4.78, 5) is 11.6. The molecular weight excluding hydrogens is 276 g/mol. The van der Waals surface area contributed by atoms with Crippen LogP contribution in [0.5, 0.6) is 5.75 Å². The number of benzene rings is 1. The molecule has 0 saturated heterocycles. The molecular formula is C13H16N4O2S. The first-order chi connectivity index (χ1) is 9.51. The van der Waals surface area contributed by atoms with E-state index in [9.17, 15) is 4.79 Å².